The molecule has 0 saturated carbocycles. The number of benzene rings is 1. The number of pyridine rings is 1. The molecule has 0 aliphatic carbocycles. The van der Waals surface area contributed by atoms with Gasteiger partial charge >= 0.3 is 0 Å². The van der Waals surface area contributed by atoms with E-state index in [1.54, 1.807) is 0 Å². The molecule has 4 nitrogen and oxygen atoms in total. The fraction of sp³-hybridized carbons (Fsp3) is 0.438. The monoisotopic (exact) mass is 270 g/mol. The van der Waals surface area contributed by atoms with Crippen molar-refractivity contribution in [3.8, 4) is 0 Å². The lowest BCUT2D eigenvalue weighted by Gasteiger charge is -2.35. The highest BCUT2D eigenvalue weighted by atomic mass is 16.5. The van der Waals surface area contributed by atoms with Crippen molar-refractivity contribution in [1.82, 2.24) is 4.98 Å². The van der Waals surface area contributed by atoms with Gasteiger partial charge in [-0.3, -0.25) is 0 Å². The van der Waals surface area contributed by atoms with Crippen LogP contribution in [0.2, 0.25) is 0 Å². The summed E-state index contributed by atoms with van der Waals surface area (Å²) in [5, 5.41) is 10.3. The van der Waals surface area contributed by atoms with E-state index in [-0.39, 0.29) is 6.61 Å². The third kappa shape index (κ3) is 1.87. The second-order valence-electron chi connectivity index (χ2n) is 5.68. The van der Waals surface area contributed by atoms with Crippen molar-refractivity contribution in [3.63, 3.8) is 0 Å². The van der Waals surface area contributed by atoms with Gasteiger partial charge in [-0.2, -0.15) is 0 Å². The normalized spacial score (nSPS) is 25.4. The van der Waals surface area contributed by atoms with Gasteiger partial charge in [0, 0.05) is 5.39 Å². The summed E-state index contributed by atoms with van der Waals surface area (Å²) < 4.78 is 5.63. The van der Waals surface area contributed by atoms with Crippen molar-refractivity contribution in [2.75, 3.05) is 18.1 Å². The van der Waals surface area contributed by atoms with Crippen molar-refractivity contribution in [1.29, 1.82) is 0 Å². The Hall–Kier alpha value is -1.65. The number of hydrogen-bond donors (Lipinski definition) is 1. The number of aliphatic hydroxyl groups excluding tert-OH is 1. The van der Waals surface area contributed by atoms with Crippen LogP contribution in [-0.4, -0.2) is 35.4 Å². The van der Waals surface area contributed by atoms with Gasteiger partial charge in [0.1, 0.15) is 5.82 Å². The van der Waals surface area contributed by atoms with Crippen LogP contribution in [0.1, 0.15) is 18.4 Å². The van der Waals surface area contributed by atoms with Gasteiger partial charge in [-0.05, 0) is 42.7 Å². The Morgan fingerprint density at radius 2 is 1.95 bits per heavy atom. The molecule has 4 rings (SSSR count). The quantitative estimate of drug-likeness (QED) is 0.907. The smallest absolute Gasteiger partial charge is 0.129 e. The lowest BCUT2D eigenvalue weighted by molar-refractivity contribution is 0.0902. The predicted molar refractivity (Wildman–Crippen MR) is 77.8 cm³/mol. The van der Waals surface area contributed by atoms with E-state index in [4.69, 9.17) is 9.72 Å². The minimum absolute atomic E-state index is 0.0747. The van der Waals surface area contributed by atoms with Crippen LogP contribution in [-0.2, 0) is 11.3 Å². The first-order valence-corrected chi connectivity index (χ1v) is 7.22. The maximum atomic E-state index is 9.19. The molecule has 1 aromatic carbocycles. The van der Waals surface area contributed by atoms with Crippen molar-refractivity contribution >= 4 is 16.7 Å². The van der Waals surface area contributed by atoms with Crippen LogP contribution < -0.4 is 4.90 Å². The van der Waals surface area contributed by atoms with Crippen LogP contribution in [0, 0.1) is 0 Å². The van der Waals surface area contributed by atoms with Gasteiger partial charge in [0.2, 0.25) is 0 Å². The van der Waals surface area contributed by atoms with E-state index in [0.717, 1.165) is 35.5 Å². The summed E-state index contributed by atoms with van der Waals surface area (Å²) in [5.41, 5.74) is 1.92. The zero-order valence-corrected chi connectivity index (χ0v) is 11.3. The Morgan fingerprint density at radius 3 is 2.70 bits per heavy atom. The maximum Gasteiger partial charge on any atom is 0.129 e. The number of fused-ring (bicyclic) bond motifs is 3. The Bertz CT molecular complexity index is 627. The standard InChI is InChI=1S/C16H18N2O2/c19-8-11-1-5-15-12(7-11)2-6-16(17-15)18-13-3-4-14(18)10-20-9-13/h1-2,5-7,13-14,19H,3-4,8-10H2/t13-,14+. The molecule has 2 bridgehead atoms. The average molecular weight is 270 g/mol. The van der Waals surface area contributed by atoms with Crippen LogP contribution in [0.3, 0.4) is 0 Å². The second-order valence-corrected chi connectivity index (χ2v) is 5.68. The van der Waals surface area contributed by atoms with Crippen molar-refractivity contribution < 1.29 is 9.84 Å². The van der Waals surface area contributed by atoms with Crippen LogP contribution >= 0.6 is 0 Å². The number of aromatic nitrogens is 1. The van der Waals surface area contributed by atoms with Crippen molar-refractivity contribution in [3.05, 3.63) is 35.9 Å². The summed E-state index contributed by atoms with van der Waals surface area (Å²) in [7, 11) is 0. The number of rotatable bonds is 2. The number of nitrogens with zero attached hydrogens (tertiary/aromatic N) is 2. The zero-order chi connectivity index (χ0) is 13.5. The topological polar surface area (TPSA) is 45.6 Å². The van der Waals surface area contributed by atoms with Gasteiger partial charge in [0.05, 0.1) is 37.4 Å². The van der Waals surface area contributed by atoms with Crippen LogP contribution in [0.4, 0.5) is 5.82 Å². The summed E-state index contributed by atoms with van der Waals surface area (Å²) in [6, 6.07) is 11.1. The Balaban J connectivity index is 1.74. The minimum atomic E-state index is 0.0747. The minimum Gasteiger partial charge on any atom is -0.392 e. The van der Waals surface area contributed by atoms with E-state index < -0.39 is 0 Å². The highest BCUT2D eigenvalue weighted by molar-refractivity contribution is 5.81. The van der Waals surface area contributed by atoms with Crippen LogP contribution in [0.25, 0.3) is 10.9 Å². The molecular formula is C16H18N2O2. The molecule has 2 aromatic rings. The molecule has 0 amide bonds. The maximum absolute atomic E-state index is 9.19. The van der Waals surface area contributed by atoms with Crippen molar-refractivity contribution in [2.45, 2.75) is 31.5 Å². The Morgan fingerprint density at radius 1 is 1.15 bits per heavy atom. The largest absolute Gasteiger partial charge is 0.392 e. The number of hydrogen-bond acceptors (Lipinski definition) is 4. The van der Waals surface area contributed by atoms with E-state index in [1.165, 1.54) is 12.8 Å². The first-order valence-electron chi connectivity index (χ1n) is 7.22. The highest BCUT2D eigenvalue weighted by Crippen LogP contribution is 2.33. The van der Waals surface area contributed by atoms with Gasteiger partial charge in [0.25, 0.3) is 0 Å². The molecule has 2 aliphatic rings. The number of anilines is 1. The summed E-state index contributed by atoms with van der Waals surface area (Å²) >= 11 is 0. The highest BCUT2D eigenvalue weighted by Gasteiger charge is 2.38. The molecule has 1 aromatic heterocycles. The van der Waals surface area contributed by atoms with Gasteiger partial charge in [-0.25, -0.2) is 4.98 Å². The van der Waals surface area contributed by atoms with Crippen molar-refractivity contribution in [2.24, 2.45) is 0 Å². The summed E-state index contributed by atoms with van der Waals surface area (Å²) in [6.45, 7) is 1.71. The lowest BCUT2D eigenvalue weighted by atomic mass is 10.1. The van der Waals surface area contributed by atoms with Gasteiger partial charge in [-0.15, -0.1) is 0 Å². The molecule has 2 aliphatic heterocycles. The van der Waals surface area contributed by atoms with E-state index in [0.29, 0.717) is 12.1 Å². The fourth-order valence-electron chi connectivity index (χ4n) is 3.41. The molecule has 1 N–H and O–H groups in total. The summed E-state index contributed by atoms with van der Waals surface area (Å²) in [5.74, 6) is 1.06. The van der Waals surface area contributed by atoms with Crippen LogP contribution in [0.5, 0.6) is 0 Å². The second kappa shape index (κ2) is 4.72. The van der Waals surface area contributed by atoms with E-state index in [1.807, 2.05) is 18.2 Å². The van der Waals surface area contributed by atoms with Crippen LogP contribution in [0.15, 0.2) is 30.3 Å². The first kappa shape index (κ1) is 12.1. The molecule has 20 heavy (non-hydrogen) atoms. The third-order valence-corrected chi connectivity index (χ3v) is 4.43. The molecule has 0 spiro atoms. The molecular weight excluding hydrogens is 252 g/mol. The molecule has 3 heterocycles. The van der Waals surface area contributed by atoms with Gasteiger partial charge in [0.15, 0.2) is 0 Å². The molecule has 0 unspecified atom stereocenters. The molecule has 0 radical (unpaired) electrons. The van der Waals surface area contributed by atoms with Gasteiger partial charge < -0.3 is 14.7 Å². The first-order chi connectivity index (χ1) is 9.85. The molecule has 2 atom stereocenters. The Kier molecular flexibility index (Phi) is 2.86. The number of morpholine rings is 1. The average Bonchev–Trinajstić information content (AvgIpc) is 2.75. The number of ether oxygens (including phenoxy) is 1. The van der Waals surface area contributed by atoms with E-state index in [9.17, 15) is 5.11 Å². The molecule has 2 fully saturated rings. The zero-order valence-electron chi connectivity index (χ0n) is 11.3. The molecule has 104 valence electrons. The number of aliphatic hydroxyl groups is 1. The van der Waals surface area contributed by atoms with Gasteiger partial charge in [-0.1, -0.05) is 6.07 Å². The lowest BCUT2D eigenvalue weighted by Crippen LogP contribution is -2.46. The van der Waals surface area contributed by atoms with E-state index >= 15 is 0 Å². The molecule has 2 saturated heterocycles. The summed E-state index contributed by atoms with van der Waals surface area (Å²) in [4.78, 5) is 7.24. The SMILES string of the molecule is OCc1ccc2nc(N3[C@@H]4CC[C@H]3COC4)ccc2c1. The van der Waals surface area contributed by atoms with E-state index in [2.05, 4.69) is 17.0 Å². The third-order valence-electron chi connectivity index (χ3n) is 4.43. The molecule has 4 heteroatoms. The fourth-order valence-corrected chi connectivity index (χ4v) is 3.41. The predicted octanol–water partition coefficient (Wildman–Crippen LogP) is 2.09. The Labute approximate surface area is 118 Å². The summed E-state index contributed by atoms with van der Waals surface area (Å²) in [6.07, 6.45) is 2.40.